The van der Waals surface area contributed by atoms with Gasteiger partial charge in [-0.3, -0.25) is 0 Å². The van der Waals surface area contributed by atoms with E-state index in [1.54, 1.807) is 7.11 Å². The van der Waals surface area contributed by atoms with Crippen molar-refractivity contribution < 1.29 is 4.74 Å². The summed E-state index contributed by atoms with van der Waals surface area (Å²) >= 11 is 0. The first-order valence-electron chi connectivity index (χ1n) is 9.14. The van der Waals surface area contributed by atoms with Crippen LogP contribution in [0.3, 0.4) is 0 Å². The molecule has 1 heterocycles. The molecule has 0 amide bonds. The third-order valence-electron chi connectivity index (χ3n) is 4.34. The van der Waals surface area contributed by atoms with Crippen LogP contribution in [-0.2, 0) is 6.54 Å². The van der Waals surface area contributed by atoms with E-state index in [-0.39, 0.29) is 0 Å². The van der Waals surface area contributed by atoms with Crippen molar-refractivity contribution in [2.24, 2.45) is 0 Å². The first-order chi connectivity index (χ1) is 13.1. The molecule has 140 valence electrons. The van der Waals surface area contributed by atoms with Gasteiger partial charge >= 0.3 is 0 Å². The van der Waals surface area contributed by atoms with E-state index < -0.39 is 0 Å². The van der Waals surface area contributed by atoms with Crippen molar-refractivity contribution in [1.29, 1.82) is 0 Å². The summed E-state index contributed by atoms with van der Waals surface area (Å²) in [6.07, 6.45) is 0. The highest BCUT2D eigenvalue weighted by molar-refractivity contribution is 5.63. The fraction of sp³-hybridized carbons (Fsp3) is 0.273. The van der Waals surface area contributed by atoms with Gasteiger partial charge in [-0.05, 0) is 30.5 Å². The van der Waals surface area contributed by atoms with Crippen molar-refractivity contribution in [2.45, 2.75) is 33.2 Å². The van der Waals surface area contributed by atoms with Gasteiger partial charge in [-0.25, -0.2) is 9.97 Å². The number of anilines is 3. The molecular weight excluding hydrogens is 336 g/mol. The monoisotopic (exact) mass is 362 g/mol. The predicted molar refractivity (Wildman–Crippen MR) is 111 cm³/mol. The molecule has 0 saturated carbocycles. The van der Waals surface area contributed by atoms with Crippen LogP contribution in [0.15, 0.2) is 54.6 Å². The van der Waals surface area contributed by atoms with Crippen molar-refractivity contribution in [3.63, 3.8) is 0 Å². The number of nitrogens with zero attached hydrogens (tertiary/aromatic N) is 2. The van der Waals surface area contributed by atoms with E-state index in [2.05, 4.69) is 52.6 Å². The summed E-state index contributed by atoms with van der Waals surface area (Å²) in [7, 11) is 1.68. The van der Waals surface area contributed by atoms with E-state index in [4.69, 9.17) is 4.74 Å². The van der Waals surface area contributed by atoms with E-state index in [1.807, 2.05) is 43.3 Å². The summed E-state index contributed by atoms with van der Waals surface area (Å²) in [5.74, 6) is 3.56. The van der Waals surface area contributed by atoms with Gasteiger partial charge in [-0.15, -0.1) is 0 Å². The largest absolute Gasteiger partial charge is 0.496 e. The van der Waals surface area contributed by atoms with Crippen LogP contribution in [0, 0.1) is 6.92 Å². The van der Waals surface area contributed by atoms with Gasteiger partial charge in [-0.2, -0.15) is 0 Å². The first-order valence-corrected chi connectivity index (χ1v) is 9.14. The van der Waals surface area contributed by atoms with Gasteiger partial charge in [0.05, 0.1) is 7.11 Å². The number of aryl methyl sites for hydroxylation is 1. The summed E-state index contributed by atoms with van der Waals surface area (Å²) in [5.41, 5.74) is 3.41. The Hall–Kier alpha value is -3.08. The molecule has 1 aromatic heterocycles. The number of methoxy groups -OCH3 is 1. The zero-order valence-corrected chi connectivity index (χ0v) is 16.3. The molecule has 3 rings (SSSR count). The smallest absolute Gasteiger partial charge is 0.136 e. The van der Waals surface area contributed by atoms with Crippen LogP contribution < -0.4 is 15.4 Å². The second-order valence-electron chi connectivity index (χ2n) is 6.72. The average molecular weight is 362 g/mol. The third kappa shape index (κ3) is 4.76. The first kappa shape index (κ1) is 18.7. The lowest BCUT2D eigenvalue weighted by Gasteiger charge is -2.15. The second-order valence-corrected chi connectivity index (χ2v) is 6.72. The summed E-state index contributed by atoms with van der Waals surface area (Å²) in [6.45, 7) is 6.90. The fourth-order valence-electron chi connectivity index (χ4n) is 3.01. The van der Waals surface area contributed by atoms with Crippen molar-refractivity contribution in [3.05, 3.63) is 71.5 Å². The van der Waals surface area contributed by atoms with E-state index in [1.165, 1.54) is 5.56 Å². The van der Waals surface area contributed by atoms with Gasteiger partial charge < -0.3 is 15.4 Å². The minimum Gasteiger partial charge on any atom is -0.496 e. The maximum Gasteiger partial charge on any atom is 0.136 e. The molecule has 2 aromatic carbocycles. The Morgan fingerprint density at radius 1 is 0.963 bits per heavy atom. The Bertz CT molecular complexity index is 908. The number of hydrogen-bond donors (Lipinski definition) is 2. The van der Waals surface area contributed by atoms with Crippen LogP contribution in [0.5, 0.6) is 5.75 Å². The summed E-state index contributed by atoms with van der Waals surface area (Å²) in [4.78, 5) is 9.03. The lowest BCUT2D eigenvalue weighted by atomic mass is 10.0. The zero-order chi connectivity index (χ0) is 19.2. The highest BCUT2D eigenvalue weighted by Crippen LogP contribution is 2.27. The molecule has 27 heavy (non-hydrogen) atoms. The number of benzene rings is 2. The second kappa shape index (κ2) is 8.54. The zero-order valence-electron chi connectivity index (χ0n) is 16.3. The topological polar surface area (TPSA) is 59.1 Å². The standard InChI is InChI=1S/C22H26N4O/c1-15(2)18-10-6-7-11-19(18)26-22-13-21(24-16(3)25-22)23-14-17-9-5-8-12-20(17)27-4/h5-13,15H,14H2,1-4H3,(H2,23,24,25,26). The lowest BCUT2D eigenvalue weighted by Crippen LogP contribution is -2.06. The average Bonchev–Trinajstić information content (AvgIpc) is 2.66. The number of hydrogen-bond acceptors (Lipinski definition) is 5. The molecule has 0 radical (unpaired) electrons. The number of aromatic nitrogens is 2. The Morgan fingerprint density at radius 2 is 1.67 bits per heavy atom. The van der Waals surface area contributed by atoms with E-state index in [0.717, 1.165) is 28.6 Å². The Balaban J connectivity index is 1.79. The van der Waals surface area contributed by atoms with Crippen LogP contribution in [0.1, 0.15) is 36.7 Å². The van der Waals surface area contributed by atoms with Crippen LogP contribution in [0.25, 0.3) is 0 Å². The summed E-state index contributed by atoms with van der Waals surface area (Å²) < 4.78 is 5.41. The summed E-state index contributed by atoms with van der Waals surface area (Å²) in [6, 6.07) is 18.2. The van der Waals surface area contributed by atoms with E-state index in [9.17, 15) is 0 Å². The van der Waals surface area contributed by atoms with Gasteiger partial charge in [0.25, 0.3) is 0 Å². The van der Waals surface area contributed by atoms with Gasteiger partial charge in [0.1, 0.15) is 23.2 Å². The molecule has 0 aliphatic heterocycles. The van der Waals surface area contributed by atoms with Gasteiger partial charge in [0, 0.05) is 23.9 Å². The number of rotatable bonds is 7. The molecule has 5 nitrogen and oxygen atoms in total. The Labute approximate surface area is 160 Å². The maximum atomic E-state index is 5.41. The van der Waals surface area contributed by atoms with E-state index in [0.29, 0.717) is 18.3 Å². The predicted octanol–water partition coefficient (Wildman–Crippen LogP) is 5.27. The quantitative estimate of drug-likeness (QED) is 0.599. The maximum absolute atomic E-state index is 5.41. The SMILES string of the molecule is COc1ccccc1CNc1cc(Nc2ccccc2C(C)C)nc(C)n1. The highest BCUT2D eigenvalue weighted by Gasteiger charge is 2.09. The van der Waals surface area contributed by atoms with Gasteiger partial charge in [-0.1, -0.05) is 50.2 Å². The minimum atomic E-state index is 0.430. The van der Waals surface area contributed by atoms with Crippen molar-refractivity contribution in [2.75, 3.05) is 17.7 Å². The van der Waals surface area contributed by atoms with Crippen molar-refractivity contribution in [1.82, 2.24) is 9.97 Å². The van der Waals surface area contributed by atoms with Crippen LogP contribution >= 0.6 is 0 Å². The molecule has 0 atom stereocenters. The molecule has 3 aromatic rings. The molecule has 0 fully saturated rings. The molecule has 0 bridgehead atoms. The third-order valence-corrected chi connectivity index (χ3v) is 4.34. The highest BCUT2D eigenvalue weighted by atomic mass is 16.5. The molecule has 0 aliphatic rings. The van der Waals surface area contributed by atoms with Crippen molar-refractivity contribution in [3.8, 4) is 5.75 Å². The summed E-state index contributed by atoms with van der Waals surface area (Å²) in [5, 5.41) is 6.81. The molecule has 0 saturated heterocycles. The molecule has 0 spiro atoms. The van der Waals surface area contributed by atoms with Crippen LogP contribution in [-0.4, -0.2) is 17.1 Å². The van der Waals surface area contributed by atoms with Gasteiger partial charge in [0.2, 0.25) is 0 Å². The van der Waals surface area contributed by atoms with Gasteiger partial charge in [0.15, 0.2) is 0 Å². The number of para-hydroxylation sites is 2. The molecule has 5 heteroatoms. The number of ether oxygens (including phenoxy) is 1. The number of nitrogens with one attached hydrogen (secondary N) is 2. The lowest BCUT2D eigenvalue weighted by molar-refractivity contribution is 0.410. The molecule has 2 N–H and O–H groups in total. The minimum absolute atomic E-state index is 0.430. The molecule has 0 aliphatic carbocycles. The van der Waals surface area contributed by atoms with Crippen LogP contribution in [0.4, 0.5) is 17.3 Å². The Kier molecular flexibility index (Phi) is 5.91. The van der Waals surface area contributed by atoms with Crippen molar-refractivity contribution >= 4 is 17.3 Å². The van der Waals surface area contributed by atoms with Crippen LogP contribution in [0.2, 0.25) is 0 Å². The molecule has 0 unspecified atom stereocenters. The molecular formula is C22H26N4O. The Morgan fingerprint density at radius 3 is 2.44 bits per heavy atom. The fourth-order valence-corrected chi connectivity index (χ4v) is 3.01. The van der Waals surface area contributed by atoms with E-state index >= 15 is 0 Å². The normalized spacial score (nSPS) is 10.7.